The smallest absolute Gasteiger partial charge is 0.143 e. The van der Waals surface area contributed by atoms with Crippen molar-refractivity contribution in [2.24, 2.45) is 0 Å². The summed E-state index contributed by atoms with van der Waals surface area (Å²) < 4.78 is 15.8. The summed E-state index contributed by atoms with van der Waals surface area (Å²) in [6.07, 6.45) is 5.61. The van der Waals surface area contributed by atoms with Gasteiger partial charge in [-0.25, -0.2) is 4.39 Å². The van der Waals surface area contributed by atoms with Gasteiger partial charge >= 0.3 is 0 Å². The molecule has 1 N–H and O–H groups in total. The van der Waals surface area contributed by atoms with Crippen molar-refractivity contribution < 1.29 is 4.39 Å². The first-order valence-corrected chi connectivity index (χ1v) is 5.71. The molecule has 0 spiro atoms. The SMILES string of the molecule is CCCn1cc(C(F)C2CCCN2)cn1. The number of hydrogen-bond donors (Lipinski definition) is 1. The van der Waals surface area contributed by atoms with Crippen LogP contribution in [0.25, 0.3) is 0 Å². The highest BCUT2D eigenvalue weighted by molar-refractivity contribution is 5.11. The molecule has 2 atom stereocenters. The van der Waals surface area contributed by atoms with Crippen LogP contribution >= 0.6 is 0 Å². The first-order chi connectivity index (χ1) is 7.31. The van der Waals surface area contributed by atoms with Crippen LogP contribution in [0.3, 0.4) is 0 Å². The first kappa shape index (κ1) is 10.6. The Labute approximate surface area is 89.7 Å². The second-order valence-electron chi connectivity index (χ2n) is 4.14. The molecular formula is C11H18FN3. The zero-order valence-corrected chi connectivity index (χ0v) is 9.12. The van der Waals surface area contributed by atoms with E-state index >= 15 is 0 Å². The third kappa shape index (κ3) is 2.37. The van der Waals surface area contributed by atoms with Gasteiger partial charge in [0.2, 0.25) is 0 Å². The van der Waals surface area contributed by atoms with Gasteiger partial charge in [-0.3, -0.25) is 4.68 Å². The lowest BCUT2D eigenvalue weighted by Crippen LogP contribution is -2.26. The van der Waals surface area contributed by atoms with Crippen LogP contribution in [-0.4, -0.2) is 22.4 Å². The van der Waals surface area contributed by atoms with Crippen molar-refractivity contribution in [3.8, 4) is 0 Å². The minimum Gasteiger partial charge on any atom is -0.311 e. The molecule has 1 aromatic rings. The third-order valence-electron chi connectivity index (χ3n) is 2.88. The van der Waals surface area contributed by atoms with E-state index in [0.717, 1.165) is 32.4 Å². The molecule has 4 heteroatoms. The molecule has 0 saturated carbocycles. The summed E-state index contributed by atoms with van der Waals surface area (Å²) in [7, 11) is 0. The number of aryl methyl sites for hydroxylation is 1. The zero-order chi connectivity index (χ0) is 10.7. The summed E-state index contributed by atoms with van der Waals surface area (Å²) in [5.74, 6) is 0. The molecule has 1 fully saturated rings. The molecule has 2 heterocycles. The molecule has 0 aliphatic carbocycles. The zero-order valence-electron chi connectivity index (χ0n) is 9.12. The lowest BCUT2D eigenvalue weighted by molar-refractivity contribution is 0.271. The van der Waals surface area contributed by atoms with Gasteiger partial charge < -0.3 is 5.32 Å². The first-order valence-electron chi connectivity index (χ1n) is 5.71. The fraction of sp³-hybridized carbons (Fsp3) is 0.727. The number of halogens is 1. The minimum atomic E-state index is -0.905. The Bertz CT molecular complexity index is 305. The molecule has 2 unspecified atom stereocenters. The Balaban J connectivity index is 2.00. The van der Waals surface area contributed by atoms with E-state index in [1.165, 1.54) is 0 Å². The van der Waals surface area contributed by atoms with E-state index < -0.39 is 6.17 Å². The molecule has 0 aromatic carbocycles. The van der Waals surface area contributed by atoms with Gasteiger partial charge in [-0.15, -0.1) is 0 Å². The fourth-order valence-electron chi connectivity index (χ4n) is 2.07. The Morgan fingerprint density at radius 3 is 3.27 bits per heavy atom. The Hall–Kier alpha value is -0.900. The predicted octanol–water partition coefficient (Wildman–Crippen LogP) is 2.06. The van der Waals surface area contributed by atoms with Gasteiger partial charge in [0, 0.05) is 24.3 Å². The van der Waals surface area contributed by atoms with Gasteiger partial charge in [0.05, 0.1) is 6.20 Å². The molecule has 1 aliphatic rings. The highest BCUT2D eigenvalue weighted by atomic mass is 19.1. The van der Waals surface area contributed by atoms with Crippen molar-refractivity contribution in [3.05, 3.63) is 18.0 Å². The van der Waals surface area contributed by atoms with Crippen molar-refractivity contribution in [2.45, 2.75) is 44.9 Å². The van der Waals surface area contributed by atoms with E-state index in [2.05, 4.69) is 17.3 Å². The normalized spacial score (nSPS) is 23.2. The minimum absolute atomic E-state index is 0.00993. The summed E-state index contributed by atoms with van der Waals surface area (Å²) in [5.41, 5.74) is 0.711. The van der Waals surface area contributed by atoms with E-state index in [0.29, 0.717) is 5.56 Å². The number of hydrogen-bond acceptors (Lipinski definition) is 2. The summed E-state index contributed by atoms with van der Waals surface area (Å²) in [6, 6.07) is -0.00993. The van der Waals surface area contributed by atoms with Crippen LogP contribution in [0.1, 0.15) is 37.9 Å². The molecular weight excluding hydrogens is 193 g/mol. The average molecular weight is 211 g/mol. The van der Waals surface area contributed by atoms with Gasteiger partial charge in [-0.1, -0.05) is 6.92 Å². The molecule has 1 aromatic heterocycles. The Morgan fingerprint density at radius 2 is 2.60 bits per heavy atom. The average Bonchev–Trinajstić information content (AvgIpc) is 2.87. The summed E-state index contributed by atoms with van der Waals surface area (Å²) in [6.45, 7) is 3.89. The van der Waals surface area contributed by atoms with Gasteiger partial charge in [-0.05, 0) is 25.8 Å². The van der Waals surface area contributed by atoms with Crippen LogP contribution in [-0.2, 0) is 6.54 Å². The fourth-order valence-corrected chi connectivity index (χ4v) is 2.07. The molecule has 15 heavy (non-hydrogen) atoms. The van der Waals surface area contributed by atoms with Crippen LogP contribution < -0.4 is 5.32 Å². The van der Waals surface area contributed by atoms with Gasteiger partial charge in [0.1, 0.15) is 6.17 Å². The largest absolute Gasteiger partial charge is 0.311 e. The van der Waals surface area contributed by atoms with Crippen LogP contribution in [0.15, 0.2) is 12.4 Å². The standard InChI is InChI=1S/C11H18FN3/c1-2-6-15-8-9(7-14-15)11(12)10-4-3-5-13-10/h7-8,10-11,13H,2-6H2,1H3. The number of rotatable bonds is 4. The van der Waals surface area contributed by atoms with Crippen molar-refractivity contribution in [1.82, 2.24) is 15.1 Å². The number of alkyl halides is 1. The van der Waals surface area contributed by atoms with E-state index in [4.69, 9.17) is 0 Å². The van der Waals surface area contributed by atoms with Crippen molar-refractivity contribution in [1.29, 1.82) is 0 Å². The Morgan fingerprint density at radius 1 is 1.73 bits per heavy atom. The second-order valence-corrected chi connectivity index (χ2v) is 4.14. The van der Waals surface area contributed by atoms with Crippen LogP contribution in [0.2, 0.25) is 0 Å². The predicted molar refractivity (Wildman–Crippen MR) is 57.4 cm³/mol. The number of nitrogens with zero attached hydrogens (tertiary/aromatic N) is 2. The maximum atomic E-state index is 14.0. The topological polar surface area (TPSA) is 29.9 Å². The summed E-state index contributed by atoms with van der Waals surface area (Å²) >= 11 is 0. The second kappa shape index (κ2) is 4.75. The molecule has 1 saturated heterocycles. The molecule has 0 bridgehead atoms. The van der Waals surface area contributed by atoms with E-state index in [1.54, 1.807) is 6.20 Å². The third-order valence-corrected chi connectivity index (χ3v) is 2.88. The molecule has 0 radical (unpaired) electrons. The highest BCUT2D eigenvalue weighted by Crippen LogP contribution is 2.26. The maximum Gasteiger partial charge on any atom is 0.143 e. The molecule has 1 aliphatic heterocycles. The highest BCUT2D eigenvalue weighted by Gasteiger charge is 2.26. The molecule has 2 rings (SSSR count). The summed E-state index contributed by atoms with van der Waals surface area (Å²) in [4.78, 5) is 0. The van der Waals surface area contributed by atoms with Crippen LogP contribution in [0.5, 0.6) is 0 Å². The molecule has 84 valence electrons. The lowest BCUT2D eigenvalue weighted by Gasteiger charge is -2.13. The number of nitrogens with one attached hydrogen (secondary N) is 1. The van der Waals surface area contributed by atoms with E-state index in [-0.39, 0.29) is 6.04 Å². The lowest BCUT2D eigenvalue weighted by atomic mass is 10.1. The van der Waals surface area contributed by atoms with Gasteiger partial charge in [0.25, 0.3) is 0 Å². The van der Waals surface area contributed by atoms with E-state index in [1.807, 2.05) is 10.9 Å². The maximum absolute atomic E-state index is 14.0. The Kier molecular flexibility index (Phi) is 3.36. The quantitative estimate of drug-likeness (QED) is 0.826. The summed E-state index contributed by atoms with van der Waals surface area (Å²) in [5, 5.41) is 7.33. The monoisotopic (exact) mass is 211 g/mol. The van der Waals surface area contributed by atoms with E-state index in [9.17, 15) is 4.39 Å². The number of aromatic nitrogens is 2. The van der Waals surface area contributed by atoms with Crippen molar-refractivity contribution in [2.75, 3.05) is 6.54 Å². The van der Waals surface area contributed by atoms with Gasteiger partial charge in [-0.2, -0.15) is 5.10 Å². The van der Waals surface area contributed by atoms with Crippen molar-refractivity contribution >= 4 is 0 Å². The van der Waals surface area contributed by atoms with Crippen LogP contribution in [0.4, 0.5) is 4.39 Å². The van der Waals surface area contributed by atoms with Gasteiger partial charge in [0.15, 0.2) is 0 Å². The van der Waals surface area contributed by atoms with Crippen molar-refractivity contribution in [3.63, 3.8) is 0 Å². The molecule has 0 amide bonds. The van der Waals surface area contributed by atoms with Crippen LogP contribution in [0, 0.1) is 0 Å². The molecule has 3 nitrogen and oxygen atoms in total.